The third kappa shape index (κ3) is 4.80. The lowest BCUT2D eigenvalue weighted by atomic mass is 10.3. The minimum Gasteiger partial charge on any atom is -0.469 e. The lowest BCUT2D eigenvalue weighted by Gasteiger charge is -2.14. The van der Waals surface area contributed by atoms with Crippen LogP contribution in [0.1, 0.15) is 11.5 Å². The van der Waals surface area contributed by atoms with Gasteiger partial charge in [-0.2, -0.15) is 0 Å². The van der Waals surface area contributed by atoms with E-state index in [4.69, 9.17) is 4.42 Å². The largest absolute Gasteiger partial charge is 0.469 e. The van der Waals surface area contributed by atoms with E-state index in [0.717, 1.165) is 36.2 Å². The summed E-state index contributed by atoms with van der Waals surface area (Å²) in [5, 5.41) is 6.52. The van der Waals surface area contributed by atoms with Gasteiger partial charge in [0.15, 0.2) is 5.96 Å². The molecule has 0 fully saturated rings. The van der Waals surface area contributed by atoms with Crippen LogP contribution in [0.3, 0.4) is 0 Å². The van der Waals surface area contributed by atoms with Gasteiger partial charge in [-0.15, -0.1) is 0 Å². The molecule has 6 heteroatoms. The van der Waals surface area contributed by atoms with Crippen LogP contribution in [0, 0.1) is 0 Å². The molecule has 22 heavy (non-hydrogen) atoms. The number of pyridine rings is 1. The van der Waals surface area contributed by atoms with E-state index in [1.54, 1.807) is 13.3 Å². The normalized spacial score (nSPS) is 11.3. The number of nitrogens with one attached hydrogen (secondary N) is 2. The monoisotopic (exact) mass is 301 g/mol. The molecule has 2 heterocycles. The summed E-state index contributed by atoms with van der Waals surface area (Å²) in [4.78, 5) is 10.8. The first-order valence-corrected chi connectivity index (χ1v) is 7.29. The number of anilines is 1. The Balaban J connectivity index is 1.79. The van der Waals surface area contributed by atoms with Crippen LogP contribution in [-0.4, -0.2) is 38.6 Å². The van der Waals surface area contributed by atoms with E-state index in [0.29, 0.717) is 6.54 Å². The molecule has 0 saturated carbocycles. The van der Waals surface area contributed by atoms with E-state index in [1.807, 2.05) is 49.3 Å². The maximum absolute atomic E-state index is 5.30. The van der Waals surface area contributed by atoms with E-state index in [2.05, 4.69) is 20.6 Å². The molecule has 118 valence electrons. The molecule has 0 aliphatic carbocycles. The first kappa shape index (κ1) is 15.9. The summed E-state index contributed by atoms with van der Waals surface area (Å²) in [5.74, 6) is 2.66. The number of rotatable bonds is 6. The Labute approximate surface area is 131 Å². The molecular weight excluding hydrogens is 278 g/mol. The van der Waals surface area contributed by atoms with E-state index in [-0.39, 0.29) is 0 Å². The van der Waals surface area contributed by atoms with Gasteiger partial charge in [0, 0.05) is 34.1 Å². The zero-order chi connectivity index (χ0) is 15.8. The van der Waals surface area contributed by atoms with Gasteiger partial charge >= 0.3 is 0 Å². The molecule has 0 radical (unpaired) electrons. The minimum absolute atomic E-state index is 0.627. The van der Waals surface area contributed by atoms with Gasteiger partial charge in [0.25, 0.3) is 0 Å². The van der Waals surface area contributed by atoms with Crippen molar-refractivity contribution in [1.82, 2.24) is 15.6 Å². The zero-order valence-corrected chi connectivity index (χ0v) is 13.3. The molecular formula is C16H23N5O. The SMILES string of the molecule is CN=C(NCCc1ccco1)NCc1cccc(N(C)C)n1. The van der Waals surface area contributed by atoms with Gasteiger partial charge in [0.2, 0.25) is 0 Å². The van der Waals surface area contributed by atoms with E-state index >= 15 is 0 Å². The third-order valence-electron chi connectivity index (χ3n) is 3.15. The highest BCUT2D eigenvalue weighted by molar-refractivity contribution is 5.79. The lowest BCUT2D eigenvalue weighted by molar-refractivity contribution is 0.506. The highest BCUT2D eigenvalue weighted by Crippen LogP contribution is 2.07. The van der Waals surface area contributed by atoms with Crippen molar-refractivity contribution in [1.29, 1.82) is 0 Å². The van der Waals surface area contributed by atoms with E-state index in [1.165, 1.54) is 0 Å². The van der Waals surface area contributed by atoms with Crippen LogP contribution in [0.5, 0.6) is 0 Å². The van der Waals surface area contributed by atoms with Gasteiger partial charge in [-0.1, -0.05) is 6.07 Å². The first-order valence-electron chi connectivity index (χ1n) is 7.29. The molecule has 0 unspecified atom stereocenters. The minimum atomic E-state index is 0.627. The molecule has 6 nitrogen and oxygen atoms in total. The molecule has 0 atom stereocenters. The average Bonchev–Trinajstić information content (AvgIpc) is 3.04. The zero-order valence-electron chi connectivity index (χ0n) is 13.3. The lowest BCUT2D eigenvalue weighted by Crippen LogP contribution is -2.38. The van der Waals surface area contributed by atoms with Gasteiger partial charge in [0.1, 0.15) is 11.6 Å². The average molecular weight is 301 g/mol. The molecule has 0 saturated heterocycles. The standard InChI is InChI=1S/C16H23N5O/c1-17-16(18-10-9-14-7-5-11-22-14)19-12-13-6-4-8-15(20-13)21(2)3/h4-8,11H,9-10,12H2,1-3H3,(H2,17,18,19). The molecule has 2 N–H and O–H groups in total. The maximum atomic E-state index is 5.30. The van der Waals surface area contributed by atoms with Crippen molar-refractivity contribution in [3.8, 4) is 0 Å². The van der Waals surface area contributed by atoms with Gasteiger partial charge in [-0.3, -0.25) is 4.99 Å². The number of hydrogen-bond acceptors (Lipinski definition) is 4. The second kappa shape index (κ2) is 8.07. The Kier molecular flexibility index (Phi) is 5.82. The first-order chi connectivity index (χ1) is 10.7. The van der Waals surface area contributed by atoms with Crippen LogP contribution in [0.4, 0.5) is 5.82 Å². The molecule has 2 aromatic rings. The molecule has 2 rings (SSSR count). The summed E-state index contributed by atoms with van der Waals surface area (Å²) in [6.07, 6.45) is 2.51. The highest BCUT2D eigenvalue weighted by atomic mass is 16.3. The summed E-state index contributed by atoms with van der Waals surface area (Å²) in [6, 6.07) is 9.85. The Morgan fingerprint density at radius 1 is 1.23 bits per heavy atom. The fourth-order valence-electron chi connectivity index (χ4n) is 1.97. The number of nitrogens with zero attached hydrogens (tertiary/aromatic N) is 3. The van der Waals surface area contributed by atoms with E-state index < -0.39 is 0 Å². The summed E-state index contributed by atoms with van der Waals surface area (Å²) in [5.41, 5.74) is 0.972. The van der Waals surface area contributed by atoms with Gasteiger partial charge in [-0.25, -0.2) is 4.98 Å². The number of furan rings is 1. The summed E-state index contributed by atoms with van der Waals surface area (Å²) < 4.78 is 5.30. The molecule has 0 aromatic carbocycles. The van der Waals surface area contributed by atoms with Gasteiger partial charge < -0.3 is 20.0 Å². The molecule has 2 aromatic heterocycles. The predicted molar refractivity (Wildman–Crippen MR) is 89.2 cm³/mol. The Bertz CT molecular complexity index is 592. The summed E-state index contributed by atoms with van der Waals surface area (Å²) in [6.45, 7) is 1.39. The summed E-state index contributed by atoms with van der Waals surface area (Å²) >= 11 is 0. The Morgan fingerprint density at radius 3 is 2.77 bits per heavy atom. The van der Waals surface area contributed by atoms with Crippen LogP contribution in [0.25, 0.3) is 0 Å². The van der Waals surface area contributed by atoms with Crippen molar-refractivity contribution < 1.29 is 4.42 Å². The van der Waals surface area contributed by atoms with Crippen LogP contribution < -0.4 is 15.5 Å². The molecule has 0 amide bonds. The van der Waals surface area contributed by atoms with Crippen molar-refractivity contribution in [3.05, 3.63) is 48.0 Å². The van der Waals surface area contributed by atoms with Crippen molar-refractivity contribution in [2.24, 2.45) is 4.99 Å². The molecule has 0 aliphatic rings. The van der Waals surface area contributed by atoms with Crippen LogP contribution in [0.15, 0.2) is 46.0 Å². The van der Waals surface area contributed by atoms with Crippen molar-refractivity contribution >= 4 is 11.8 Å². The van der Waals surface area contributed by atoms with Crippen molar-refractivity contribution in [3.63, 3.8) is 0 Å². The quantitative estimate of drug-likeness (QED) is 0.627. The van der Waals surface area contributed by atoms with Crippen molar-refractivity contribution in [2.75, 3.05) is 32.6 Å². The predicted octanol–water partition coefficient (Wildman–Crippen LogP) is 1.65. The summed E-state index contributed by atoms with van der Waals surface area (Å²) in [7, 11) is 5.72. The second-order valence-electron chi connectivity index (χ2n) is 5.06. The molecule has 0 bridgehead atoms. The number of aliphatic imine (C=N–C) groups is 1. The fraction of sp³-hybridized carbons (Fsp3) is 0.375. The number of hydrogen-bond donors (Lipinski definition) is 2. The van der Waals surface area contributed by atoms with Crippen LogP contribution in [0.2, 0.25) is 0 Å². The van der Waals surface area contributed by atoms with E-state index in [9.17, 15) is 0 Å². The molecule has 0 spiro atoms. The smallest absolute Gasteiger partial charge is 0.191 e. The third-order valence-corrected chi connectivity index (χ3v) is 3.15. The van der Waals surface area contributed by atoms with Crippen LogP contribution in [-0.2, 0) is 13.0 Å². The van der Waals surface area contributed by atoms with Gasteiger partial charge in [0.05, 0.1) is 18.5 Å². The topological polar surface area (TPSA) is 65.7 Å². The van der Waals surface area contributed by atoms with Crippen molar-refractivity contribution in [2.45, 2.75) is 13.0 Å². The fourth-order valence-corrected chi connectivity index (χ4v) is 1.97. The highest BCUT2D eigenvalue weighted by Gasteiger charge is 2.02. The Hall–Kier alpha value is -2.50. The van der Waals surface area contributed by atoms with Gasteiger partial charge in [-0.05, 0) is 24.3 Å². The van der Waals surface area contributed by atoms with Crippen LogP contribution >= 0.6 is 0 Å². The number of guanidine groups is 1. The number of aromatic nitrogens is 1. The Morgan fingerprint density at radius 2 is 2.09 bits per heavy atom. The second-order valence-corrected chi connectivity index (χ2v) is 5.06. The molecule has 0 aliphatic heterocycles. The maximum Gasteiger partial charge on any atom is 0.191 e.